The van der Waals surface area contributed by atoms with Crippen molar-refractivity contribution < 1.29 is 1.43 Å². The molecule has 3 nitrogen and oxygen atoms in total. The Kier molecular flexibility index (Phi) is 4.56. The highest BCUT2D eigenvalue weighted by Gasteiger charge is 2.33. The molecule has 0 spiro atoms. The molecule has 0 amide bonds. The van der Waals surface area contributed by atoms with Crippen molar-refractivity contribution in [2.24, 2.45) is 5.41 Å². The second kappa shape index (κ2) is 6.18. The summed E-state index contributed by atoms with van der Waals surface area (Å²) < 4.78 is 0. The minimum Gasteiger partial charge on any atom is -0.341 e. The molecule has 0 saturated carbocycles. The van der Waals surface area contributed by atoms with E-state index in [0.29, 0.717) is 5.41 Å². The smallest absolute Gasteiger partial charge is 0.225 e. The lowest BCUT2D eigenvalue weighted by atomic mass is 9.72. The Morgan fingerprint density at radius 1 is 1.47 bits per heavy atom. The maximum absolute atomic E-state index is 4.53. The van der Waals surface area contributed by atoms with Gasteiger partial charge in [-0.05, 0) is 44.1 Å². The molecule has 1 aromatic heterocycles. The lowest BCUT2D eigenvalue weighted by Gasteiger charge is -2.41. The SMILES string of the molecule is C=CCC1(CCC)CCN(c2nccc(C)n2)CC1.[HH]. The van der Waals surface area contributed by atoms with Crippen LogP contribution in [-0.4, -0.2) is 23.1 Å². The third-order valence-electron chi connectivity index (χ3n) is 4.25. The van der Waals surface area contributed by atoms with Gasteiger partial charge in [-0.2, -0.15) is 0 Å². The number of hydrogen-bond donors (Lipinski definition) is 0. The fourth-order valence-corrected chi connectivity index (χ4v) is 3.16. The first-order valence-corrected chi connectivity index (χ1v) is 7.34. The zero-order chi connectivity index (χ0) is 13.7. The van der Waals surface area contributed by atoms with Crippen molar-refractivity contribution in [3.8, 4) is 0 Å². The van der Waals surface area contributed by atoms with Crippen molar-refractivity contribution in [2.45, 2.75) is 46.0 Å². The average molecular weight is 261 g/mol. The number of piperidine rings is 1. The number of anilines is 1. The second-order valence-corrected chi connectivity index (χ2v) is 5.73. The van der Waals surface area contributed by atoms with E-state index in [-0.39, 0.29) is 1.43 Å². The molecule has 0 aromatic carbocycles. The van der Waals surface area contributed by atoms with E-state index in [4.69, 9.17) is 0 Å². The number of aryl methyl sites for hydroxylation is 1. The summed E-state index contributed by atoms with van der Waals surface area (Å²) in [5, 5.41) is 0. The van der Waals surface area contributed by atoms with E-state index < -0.39 is 0 Å². The van der Waals surface area contributed by atoms with Gasteiger partial charge in [-0.25, -0.2) is 9.97 Å². The largest absolute Gasteiger partial charge is 0.341 e. The Morgan fingerprint density at radius 3 is 2.79 bits per heavy atom. The lowest BCUT2D eigenvalue weighted by molar-refractivity contribution is 0.199. The van der Waals surface area contributed by atoms with Gasteiger partial charge < -0.3 is 4.90 Å². The van der Waals surface area contributed by atoms with Crippen molar-refractivity contribution >= 4 is 5.95 Å². The molecule has 2 rings (SSSR count). The maximum atomic E-state index is 4.53. The molecule has 1 aromatic rings. The molecule has 0 radical (unpaired) electrons. The molecule has 2 heterocycles. The van der Waals surface area contributed by atoms with Gasteiger partial charge in [-0.1, -0.05) is 19.4 Å². The Bertz CT molecular complexity index is 425. The van der Waals surface area contributed by atoms with Gasteiger partial charge in [-0.15, -0.1) is 6.58 Å². The Labute approximate surface area is 118 Å². The molecule has 106 valence electrons. The molecule has 3 heteroatoms. The number of aromatic nitrogens is 2. The van der Waals surface area contributed by atoms with E-state index >= 15 is 0 Å². The molecule has 0 bridgehead atoms. The Hall–Kier alpha value is -1.38. The molecular formula is C16H27N3. The van der Waals surface area contributed by atoms with Crippen molar-refractivity contribution in [1.29, 1.82) is 0 Å². The molecule has 1 aliphatic heterocycles. The van der Waals surface area contributed by atoms with E-state index in [1.54, 1.807) is 0 Å². The quantitative estimate of drug-likeness (QED) is 0.750. The zero-order valence-electron chi connectivity index (χ0n) is 12.2. The van der Waals surface area contributed by atoms with Crippen LogP contribution in [0.4, 0.5) is 5.95 Å². The third kappa shape index (κ3) is 3.34. The normalized spacial score (nSPS) is 18.3. The summed E-state index contributed by atoms with van der Waals surface area (Å²) >= 11 is 0. The summed E-state index contributed by atoms with van der Waals surface area (Å²) in [5.74, 6) is 0.892. The van der Waals surface area contributed by atoms with Gasteiger partial charge in [0.25, 0.3) is 0 Å². The van der Waals surface area contributed by atoms with Gasteiger partial charge >= 0.3 is 0 Å². The number of rotatable bonds is 5. The Morgan fingerprint density at radius 2 is 2.21 bits per heavy atom. The molecule has 0 aliphatic carbocycles. The van der Waals surface area contributed by atoms with Crippen LogP contribution in [0.15, 0.2) is 24.9 Å². The third-order valence-corrected chi connectivity index (χ3v) is 4.25. The second-order valence-electron chi connectivity index (χ2n) is 5.73. The molecule has 0 unspecified atom stereocenters. The fraction of sp³-hybridized carbons (Fsp3) is 0.625. The number of allylic oxidation sites excluding steroid dienone is 1. The lowest BCUT2D eigenvalue weighted by Crippen LogP contribution is -2.40. The summed E-state index contributed by atoms with van der Waals surface area (Å²) in [6, 6.07) is 1.95. The minimum atomic E-state index is 0. The van der Waals surface area contributed by atoms with E-state index in [1.165, 1.54) is 25.7 Å². The summed E-state index contributed by atoms with van der Waals surface area (Å²) in [4.78, 5) is 11.3. The van der Waals surface area contributed by atoms with Crippen LogP contribution in [0.5, 0.6) is 0 Å². The first kappa shape index (κ1) is 14.0. The van der Waals surface area contributed by atoms with Crippen LogP contribution < -0.4 is 4.90 Å². The predicted octanol–water partition coefficient (Wildman–Crippen LogP) is 3.99. The zero-order valence-corrected chi connectivity index (χ0v) is 12.2. The maximum Gasteiger partial charge on any atom is 0.225 e. The summed E-state index contributed by atoms with van der Waals surface area (Å²) in [6.45, 7) is 10.4. The van der Waals surface area contributed by atoms with Crippen molar-refractivity contribution in [2.75, 3.05) is 18.0 Å². The number of hydrogen-bond acceptors (Lipinski definition) is 3. The highest BCUT2D eigenvalue weighted by atomic mass is 15.3. The minimum absolute atomic E-state index is 0. The molecule has 0 N–H and O–H groups in total. The van der Waals surface area contributed by atoms with Crippen molar-refractivity contribution in [3.63, 3.8) is 0 Å². The van der Waals surface area contributed by atoms with E-state index in [0.717, 1.165) is 31.2 Å². The summed E-state index contributed by atoms with van der Waals surface area (Å²) in [5.41, 5.74) is 1.51. The molecule has 0 atom stereocenters. The summed E-state index contributed by atoms with van der Waals surface area (Å²) in [7, 11) is 0. The van der Waals surface area contributed by atoms with Gasteiger partial charge in [-0.3, -0.25) is 0 Å². The van der Waals surface area contributed by atoms with Gasteiger partial charge in [0.2, 0.25) is 5.95 Å². The van der Waals surface area contributed by atoms with Gasteiger partial charge in [0.1, 0.15) is 0 Å². The molecule has 1 aliphatic rings. The van der Waals surface area contributed by atoms with Crippen LogP contribution in [-0.2, 0) is 0 Å². The van der Waals surface area contributed by atoms with Gasteiger partial charge in [0.15, 0.2) is 0 Å². The van der Waals surface area contributed by atoms with Crippen LogP contribution in [0.3, 0.4) is 0 Å². The standard InChI is InChI=1S/C16H25N3.H2/c1-4-7-16(8-5-2)9-12-19(13-10-16)15-17-11-6-14(3)18-15;/h4,6,11H,1,5,7-10,12-13H2,2-3H3;1H. The average Bonchev–Trinajstić information content (AvgIpc) is 2.40. The highest BCUT2D eigenvalue weighted by molar-refractivity contribution is 5.31. The molecule has 19 heavy (non-hydrogen) atoms. The molecule has 1 saturated heterocycles. The first-order valence-electron chi connectivity index (χ1n) is 7.34. The van der Waals surface area contributed by atoms with Gasteiger partial charge in [0.05, 0.1) is 0 Å². The van der Waals surface area contributed by atoms with Gasteiger partial charge in [0, 0.05) is 26.4 Å². The Balaban J connectivity index is 0.00000200. The van der Waals surface area contributed by atoms with Crippen molar-refractivity contribution in [1.82, 2.24) is 9.97 Å². The van der Waals surface area contributed by atoms with Crippen LogP contribution >= 0.6 is 0 Å². The molecule has 1 fully saturated rings. The number of nitrogens with zero attached hydrogens (tertiary/aromatic N) is 3. The van der Waals surface area contributed by atoms with Crippen LogP contribution in [0.2, 0.25) is 0 Å². The van der Waals surface area contributed by atoms with Crippen LogP contribution in [0, 0.1) is 12.3 Å². The van der Waals surface area contributed by atoms with Crippen LogP contribution in [0.1, 0.15) is 46.1 Å². The van der Waals surface area contributed by atoms with E-state index in [2.05, 4.69) is 34.4 Å². The summed E-state index contributed by atoms with van der Waals surface area (Å²) in [6.07, 6.45) is 10.1. The highest BCUT2D eigenvalue weighted by Crippen LogP contribution is 2.40. The predicted molar refractivity (Wildman–Crippen MR) is 82.5 cm³/mol. The fourth-order valence-electron chi connectivity index (χ4n) is 3.16. The molecular weight excluding hydrogens is 234 g/mol. The first-order chi connectivity index (χ1) is 9.19. The van der Waals surface area contributed by atoms with E-state index in [1.807, 2.05) is 19.2 Å². The van der Waals surface area contributed by atoms with Crippen molar-refractivity contribution in [3.05, 3.63) is 30.6 Å². The van der Waals surface area contributed by atoms with Crippen LogP contribution in [0.25, 0.3) is 0 Å². The topological polar surface area (TPSA) is 29.0 Å². The van der Waals surface area contributed by atoms with E-state index in [9.17, 15) is 0 Å². The monoisotopic (exact) mass is 261 g/mol.